The highest BCUT2D eigenvalue weighted by Gasteiger charge is 2.51. The van der Waals surface area contributed by atoms with E-state index in [9.17, 15) is 24.6 Å². The number of aliphatic hydroxyl groups is 2. The van der Waals surface area contributed by atoms with E-state index in [1.165, 1.54) is 13.2 Å². The standard InChI is InChI=1S/C28H32N2O7/c1-4-23(33)30(14-17-7-5-16(2)6-8-17)21-13-20(28(35)29-9-10-31)24-19-11-18(15-32)12-22(36-3)26(19)37-27(24)25(21)34/h5-8,11-13,15,21,24-25,27,31,34H,4,9-10,14H2,1-3H3,(H,29,35)/t21-,24+,25+,27+/m1/s1. The molecule has 9 nitrogen and oxygen atoms in total. The average molecular weight is 509 g/mol. The molecule has 37 heavy (non-hydrogen) atoms. The van der Waals surface area contributed by atoms with Crippen LogP contribution in [-0.4, -0.2) is 71.7 Å². The minimum atomic E-state index is -1.17. The number of hydrogen-bond acceptors (Lipinski definition) is 7. The highest BCUT2D eigenvalue weighted by atomic mass is 16.5. The van der Waals surface area contributed by atoms with Crippen molar-refractivity contribution in [3.63, 3.8) is 0 Å². The Morgan fingerprint density at radius 2 is 1.95 bits per heavy atom. The summed E-state index contributed by atoms with van der Waals surface area (Å²) >= 11 is 0. The summed E-state index contributed by atoms with van der Waals surface area (Å²) < 4.78 is 11.6. The lowest BCUT2D eigenvalue weighted by atomic mass is 9.77. The maximum atomic E-state index is 13.3. The van der Waals surface area contributed by atoms with Crippen LogP contribution in [-0.2, 0) is 16.1 Å². The van der Waals surface area contributed by atoms with Crippen molar-refractivity contribution in [1.29, 1.82) is 0 Å². The lowest BCUT2D eigenvalue weighted by Gasteiger charge is -2.40. The van der Waals surface area contributed by atoms with Crippen molar-refractivity contribution >= 4 is 18.1 Å². The first kappa shape index (κ1) is 26.4. The van der Waals surface area contributed by atoms with Gasteiger partial charge in [-0.15, -0.1) is 0 Å². The van der Waals surface area contributed by atoms with Gasteiger partial charge in [-0.2, -0.15) is 0 Å². The molecule has 0 saturated carbocycles. The molecule has 1 heterocycles. The van der Waals surface area contributed by atoms with Crippen LogP contribution < -0.4 is 14.8 Å². The number of benzene rings is 2. The van der Waals surface area contributed by atoms with Crippen molar-refractivity contribution < 1.29 is 34.1 Å². The van der Waals surface area contributed by atoms with Gasteiger partial charge < -0.3 is 29.9 Å². The molecule has 1 aliphatic carbocycles. The molecule has 2 aromatic rings. The molecule has 0 aromatic heterocycles. The predicted octanol–water partition coefficient (Wildman–Crippen LogP) is 1.88. The number of fused-ring (bicyclic) bond motifs is 3. The minimum Gasteiger partial charge on any atom is -0.493 e. The monoisotopic (exact) mass is 508 g/mol. The number of hydrogen-bond donors (Lipinski definition) is 3. The van der Waals surface area contributed by atoms with E-state index in [1.807, 2.05) is 31.2 Å². The largest absolute Gasteiger partial charge is 0.493 e. The van der Waals surface area contributed by atoms with E-state index in [2.05, 4.69) is 5.32 Å². The van der Waals surface area contributed by atoms with Gasteiger partial charge >= 0.3 is 0 Å². The summed E-state index contributed by atoms with van der Waals surface area (Å²) in [5.41, 5.74) is 3.14. The number of carbonyl (C=O) groups is 3. The molecule has 3 N–H and O–H groups in total. The van der Waals surface area contributed by atoms with Crippen LogP contribution in [0.15, 0.2) is 48.0 Å². The third-order valence-electron chi connectivity index (χ3n) is 6.87. The first-order chi connectivity index (χ1) is 17.8. The molecule has 0 spiro atoms. The van der Waals surface area contributed by atoms with Gasteiger partial charge in [-0.3, -0.25) is 14.4 Å². The highest BCUT2D eigenvalue weighted by Crippen LogP contribution is 2.51. The second-order valence-electron chi connectivity index (χ2n) is 9.26. The van der Waals surface area contributed by atoms with Gasteiger partial charge in [0.1, 0.15) is 18.5 Å². The third kappa shape index (κ3) is 5.10. The van der Waals surface area contributed by atoms with Gasteiger partial charge in [-0.25, -0.2) is 0 Å². The molecule has 2 aromatic carbocycles. The molecule has 196 valence electrons. The predicted molar refractivity (Wildman–Crippen MR) is 136 cm³/mol. The summed E-state index contributed by atoms with van der Waals surface area (Å²) in [6.45, 7) is 3.74. The molecule has 0 saturated heterocycles. The van der Waals surface area contributed by atoms with Crippen molar-refractivity contribution in [2.75, 3.05) is 20.3 Å². The van der Waals surface area contributed by atoms with Crippen LogP contribution in [0.3, 0.4) is 0 Å². The number of carbonyl (C=O) groups excluding carboxylic acids is 3. The number of amides is 2. The summed E-state index contributed by atoms with van der Waals surface area (Å²) in [4.78, 5) is 39.6. The maximum Gasteiger partial charge on any atom is 0.247 e. The number of nitrogens with zero attached hydrogens (tertiary/aromatic N) is 1. The Kier molecular flexibility index (Phi) is 7.94. The number of aryl methyl sites for hydroxylation is 1. The van der Waals surface area contributed by atoms with Gasteiger partial charge in [-0.1, -0.05) is 36.8 Å². The summed E-state index contributed by atoms with van der Waals surface area (Å²) in [7, 11) is 1.45. The minimum absolute atomic E-state index is 0.0349. The average Bonchev–Trinajstić information content (AvgIpc) is 3.31. The fraction of sp³-hybridized carbons (Fsp3) is 0.393. The second kappa shape index (κ2) is 11.1. The van der Waals surface area contributed by atoms with E-state index in [4.69, 9.17) is 9.47 Å². The van der Waals surface area contributed by atoms with Gasteiger partial charge in [-0.05, 0) is 30.7 Å². The Balaban J connectivity index is 1.81. The molecule has 2 amide bonds. The molecule has 0 unspecified atom stereocenters. The lowest BCUT2D eigenvalue weighted by molar-refractivity contribution is -0.137. The molecule has 0 fully saturated rings. The van der Waals surface area contributed by atoms with Crippen LogP contribution in [0.4, 0.5) is 0 Å². The maximum absolute atomic E-state index is 13.3. The van der Waals surface area contributed by atoms with Gasteiger partial charge in [0.2, 0.25) is 11.8 Å². The molecule has 0 bridgehead atoms. The first-order valence-electron chi connectivity index (χ1n) is 12.3. The van der Waals surface area contributed by atoms with E-state index in [-0.39, 0.29) is 37.6 Å². The SMILES string of the molecule is CCC(=O)N(Cc1ccc(C)cc1)[C@@H]1C=C(C(=O)NCCO)[C@@H]2c3cc(C=O)cc(OC)c3O[C@@H]2[C@H]1O. The van der Waals surface area contributed by atoms with Crippen LogP contribution in [0.1, 0.15) is 46.3 Å². The van der Waals surface area contributed by atoms with Crippen molar-refractivity contribution in [3.8, 4) is 11.5 Å². The van der Waals surface area contributed by atoms with Gasteiger partial charge in [0.25, 0.3) is 0 Å². The van der Waals surface area contributed by atoms with E-state index in [1.54, 1.807) is 24.0 Å². The zero-order valence-electron chi connectivity index (χ0n) is 21.1. The molecule has 4 atom stereocenters. The van der Waals surface area contributed by atoms with Gasteiger partial charge in [0.05, 0.1) is 25.7 Å². The van der Waals surface area contributed by atoms with Crippen molar-refractivity contribution in [3.05, 3.63) is 70.3 Å². The second-order valence-corrected chi connectivity index (χ2v) is 9.26. The van der Waals surface area contributed by atoms with Crippen LogP contribution in [0.2, 0.25) is 0 Å². The van der Waals surface area contributed by atoms with E-state index >= 15 is 0 Å². The van der Waals surface area contributed by atoms with Crippen LogP contribution >= 0.6 is 0 Å². The topological polar surface area (TPSA) is 125 Å². The Hall–Kier alpha value is -3.69. The quantitative estimate of drug-likeness (QED) is 0.442. The lowest BCUT2D eigenvalue weighted by Crippen LogP contribution is -2.55. The number of aliphatic hydroxyl groups excluding tert-OH is 2. The molecule has 4 rings (SSSR count). The summed E-state index contributed by atoms with van der Waals surface area (Å²) in [5, 5.41) is 23.5. The number of ether oxygens (including phenoxy) is 2. The fourth-order valence-electron chi connectivity index (χ4n) is 5.01. The number of nitrogens with one attached hydrogen (secondary N) is 1. The van der Waals surface area contributed by atoms with Crippen LogP contribution in [0.25, 0.3) is 0 Å². The van der Waals surface area contributed by atoms with Crippen LogP contribution in [0.5, 0.6) is 11.5 Å². The normalized spacial score (nSPS) is 21.7. The Morgan fingerprint density at radius 3 is 2.57 bits per heavy atom. The number of aldehydes is 1. The first-order valence-corrected chi connectivity index (χ1v) is 12.3. The Bertz CT molecular complexity index is 1210. The van der Waals surface area contributed by atoms with Crippen molar-refractivity contribution in [2.24, 2.45) is 0 Å². The van der Waals surface area contributed by atoms with E-state index < -0.39 is 30.1 Å². The van der Waals surface area contributed by atoms with Gasteiger partial charge in [0, 0.05) is 36.2 Å². The van der Waals surface area contributed by atoms with Crippen molar-refractivity contribution in [2.45, 2.75) is 51.0 Å². The Labute approximate surface area is 215 Å². The zero-order valence-corrected chi connectivity index (χ0v) is 21.1. The molecular weight excluding hydrogens is 476 g/mol. The highest BCUT2D eigenvalue weighted by molar-refractivity contribution is 5.96. The van der Waals surface area contributed by atoms with Gasteiger partial charge in [0.15, 0.2) is 11.5 Å². The van der Waals surface area contributed by atoms with Crippen molar-refractivity contribution in [1.82, 2.24) is 10.2 Å². The smallest absolute Gasteiger partial charge is 0.247 e. The Morgan fingerprint density at radius 1 is 1.22 bits per heavy atom. The molecule has 2 aliphatic rings. The third-order valence-corrected chi connectivity index (χ3v) is 6.87. The summed E-state index contributed by atoms with van der Waals surface area (Å²) in [6, 6.07) is 10.1. The molecule has 1 aliphatic heterocycles. The summed E-state index contributed by atoms with van der Waals surface area (Å²) in [6.07, 6.45) is 0.425. The molecule has 9 heteroatoms. The summed E-state index contributed by atoms with van der Waals surface area (Å²) in [5.74, 6) is -0.686. The van der Waals surface area contributed by atoms with E-state index in [0.717, 1.165) is 11.1 Å². The number of methoxy groups -OCH3 is 1. The number of rotatable bonds is 9. The molecule has 0 radical (unpaired) electrons. The van der Waals surface area contributed by atoms with E-state index in [0.29, 0.717) is 28.9 Å². The zero-order chi connectivity index (χ0) is 26.7. The molecular formula is C28H32N2O7. The van der Waals surface area contributed by atoms with Crippen LogP contribution in [0, 0.1) is 6.92 Å². The fourth-order valence-corrected chi connectivity index (χ4v) is 5.01.